The van der Waals surface area contributed by atoms with Crippen molar-refractivity contribution in [3.05, 3.63) is 76.3 Å². The first-order chi connectivity index (χ1) is 12.6. The molecule has 0 saturated heterocycles. The van der Waals surface area contributed by atoms with Gasteiger partial charge in [0.2, 0.25) is 5.88 Å². The summed E-state index contributed by atoms with van der Waals surface area (Å²) in [5.74, 6) is 0.000257. The third-order valence-corrected chi connectivity index (χ3v) is 3.61. The van der Waals surface area contributed by atoms with E-state index in [0.29, 0.717) is 17.3 Å². The predicted octanol–water partition coefficient (Wildman–Crippen LogP) is 3.31. The molecular formula is C18H14N4O4. The smallest absolute Gasteiger partial charge is 0.270 e. The third kappa shape index (κ3) is 3.81. The van der Waals surface area contributed by atoms with Gasteiger partial charge in [0, 0.05) is 35.0 Å². The Bertz CT molecular complexity index is 940. The van der Waals surface area contributed by atoms with E-state index in [0.717, 1.165) is 5.56 Å². The van der Waals surface area contributed by atoms with Gasteiger partial charge in [-0.1, -0.05) is 18.2 Å². The summed E-state index contributed by atoms with van der Waals surface area (Å²) in [5.41, 5.74) is 2.14. The third-order valence-electron chi connectivity index (χ3n) is 3.61. The molecule has 0 atom stereocenters. The summed E-state index contributed by atoms with van der Waals surface area (Å²) >= 11 is 0. The molecule has 0 saturated carbocycles. The highest BCUT2D eigenvalue weighted by atomic mass is 16.6. The summed E-state index contributed by atoms with van der Waals surface area (Å²) in [4.78, 5) is 22.5. The molecule has 1 heterocycles. The minimum absolute atomic E-state index is 0.133. The van der Waals surface area contributed by atoms with Gasteiger partial charge < -0.3 is 10.1 Å². The number of hydrogen-bond acceptors (Lipinski definition) is 6. The molecule has 0 bridgehead atoms. The number of hydrogen-bond donors (Lipinski definition) is 1. The number of nitrogens with zero attached hydrogens (tertiary/aromatic N) is 3. The van der Waals surface area contributed by atoms with Crippen molar-refractivity contribution in [1.29, 1.82) is 0 Å². The summed E-state index contributed by atoms with van der Waals surface area (Å²) in [5, 5.41) is 21.5. The minimum atomic E-state index is -0.540. The molecule has 26 heavy (non-hydrogen) atoms. The van der Waals surface area contributed by atoms with Gasteiger partial charge in [0.05, 0.1) is 17.7 Å². The molecule has 0 unspecified atom stereocenters. The molecule has 2 aromatic carbocycles. The molecule has 130 valence electrons. The minimum Gasteiger partial charge on any atom is -0.480 e. The molecule has 3 rings (SSSR count). The fraction of sp³-hybridized carbons (Fsp3) is 0.0556. The van der Waals surface area contributed by atoms with Gasteiger partial charge in [-0.2, -0.15) is 0 Å². The van der Waals surface area contributed by atoms with Gasteiger partial charge >= 0.3 is 0 Å². The summed E-state index contributed by atoms with van der Waals surface area (Å²) in [7, 11) is 1.52. The zero-order valence-corrected chi connectivity index (χ0v) is 13.7. The Labute approximate surface area is 148 Å². The van der Waals surface area contributed by atoms with Crippen LogP contribution in [0.3, 0.4) is 0 Å². The van der Waals surface area contributed by atoms with Crippen LogP contribution in [-0.2, 0) is 0 Å². The highest BCUT2D eigenvalue weighted by Gasteiger charge is 2.12. The number of carbonyl (C=O) groups is 1. The van der Waals surface area contributed by atoms with E-state index in [1.807, 2.05) is 0 Å². The van der Waals surface area contributed by atoms with Crippen LogP contribution in [0.1, 0.15) is 10.4 Å². The number of amides is 1. The Morgan fingerprint density at radius 1 is 1.08 bits per heavy atom. The summed E-state index contributed by atoms with van der Waals surface area (Å²) in [6, 6.07) is 16.1. The second-order valence-electron chi connectivity index (χ2n) is 5.30. The molecule has 1 amide bonds. The van der Waals surface area contributed by atoms with E-state index in [2.05, 4.69) is 15.5 Å². The molecule has 0 fully saturated rings. The van der Waals surface area contributed by atoms with Gasteiger partial charge in [-0.05, 0) is 24.3 Å². The van der Waals surface area contributed by atoms with Crippen molar-refractivity contribution in [3.8, 4) is 17.1 Å². The van der Waals surface area contributed by atoms with Gasteiger partial charge in [0.15, 0.2) is 0 Å². The van der Waals surface area contributed by atoms with Gasteiger partial charge in [0.1, 0.15) is 0 Å². The van der Waals surface area contributed by atoms with Crippen LogP contribution < -0.4 is 10.1 Å². The van der Waals surface area contributed by atoms with Crippen LogP contribution in [0.2, 0.25) is 0 Å². The Morgan fingerprint density at radius 2 is 1.85 bits per heavy atom. The van der Waals surface area contributed by atoms with E-state index < -0.39 is 10.8 Å². The van der Waals surface area contributed by atoms with E-state index in [1.165, 1.54) is 31.4 Å². The van der Waals surface area contributed by atoms with Crippen molar-refractivity contribution in [2.45, 2.75) is 0 Å². The summed E-state index contributed by atoms with van der Waals surface area (Å²) < 4.78 is 4.97. The molecule has 3 aromatic rings. The van der Waals surface area contributed by atoms with Crippen LogP contribution in [0, 0.1) is 10.1 Å². The van der Waals surface area contributed by atoms with Crippen LogP contribution in [0.15, 0.2) is 60.7 Å². The van der Waals surface area contributed by atoms with E-state index in [9.17, 15) is 14.9 Å². The number of rotatable bonds is 5. The first kappa shape index (κ1) is 17.0. The fourth-order valence-electron chi connectivity index (χ4n) is 2.27. The number of nitro benzene ring substituents is 1. The lowest BCUT2D eigenvalue weighted by atomic mass is 10.1. The lowest BCUT2D eigenvalue weighted by Crippen LogP contribution is -2.12. The normalized spacial score (nSPS) is 10.2. The highest BCUT2D eigenvalue weighted by Crippen LogP contribution is 2.21. The van der Waals surface area contributed by atoms with Crippen molar-refractivity contribution >= 4 is 17.3 Å². The van der Waals surface area contributed by atoms with Crippen molar-refractivity contribution in [1.82, 2.24) is 10.2 Å². The van der Waals surface area contributed by atoms with Crippen molar-refractivity contribution in [2.24, 2.45) is 0 Å². The largest absolute Gasteiger partial charge is 0.480 e. The molecule has 1 N–H and O–H groups in total. The Morgan fingerprint density at radius 3 is 2.46 bits per heavy atom. The predicted molar refractivity (Wildman–Crippen MR) is 95.1 cm³/mol. The molecule has 8 nitrogen and oxygen atoms in total. The lowest BCUT2D eigenvalue weighted by molar-refractivity contribution is -0.384. The quantitative estimate of drug-likeness (QED) is 0.559. The number of non-ortho nitro benzene ring substituents is 1. The maximum absolute atomic E-state index is 12.2. The maximum atomic E-state index is 12.2. The number of benzene rings is 2. The molecule has 0 spiro atoms. The van der Waals surface area contributed by atoms with E-state index in [1.54, 1.807) is 36.4 Å². The fourth-order valence-corrected chi connectivity index (χ4v) is 2.27. The zero-order chi connectivity index (χ0) is 18.5. The maximum Gasteiger partial charge on any atom is 0.270 e. The molecule has 0 aliphatic carbocycles. The van der Waals surface area contributed by atoms with Crippen molar-refractivity contribution < 1.29 is 14.5 Å². The number of methoxy groups -OCH3 is 1. The standard InChI is InChI=1S/C18H14N4O4/c1-26-17-10-9-16(20-21-17)12-5-7-14(8-6-12)19-18(23)13-3-2-4-15(11-13)22(24)25/h2-11H,1H3,(H,19,23). The van der Waals surface area contributed by atoms with Gasteiger partial charge in [-0.25, -0.2) is 0 Å². The second-order valence-corrected chi connectivity index (χ2v) is 5.30. The van der Waals surface area contributed by atoms with Gasteiger partial charge in [-0.15, -0.1) is 10.2 Å². The number of aromatic nitrogens is 2. The molecule has 0 aliphatic rings. The molecular weight excluding hydrogens is 336 g/mol. The monoisotopic (exact) mass is 350 g/mol. The number of anilines is 1. The molecule has 0 radical (unpaired) electrons. The number of ether oxygens (including phenoxy) is 1. The Balaban J connectivity index is 1.73. The summed E-state index contributed by atoms with van der Waals surface area (Å²) in [6.45, 7) is 0. The number of nitro groups is 1. The Hall–Kier alpha value is -3.81. The van der Waals surface area contributed by atoms with Crippen LogP contribution in [0.5, 0.6) is 5.88 Å². The first-order valence-corrected chi connectivity index (χ1v) is 7.61. The van der Waals surface area contributed by atoms with Crippen molar-refractivity contribution in [2.75, 3.05) is 12.4 Å². The van der Waals surface area contributed by atoms with E-state index in [4.69, 9.17) is 4.74 Å². The average Bonchev–Trinajstić information content (AvgIpc) is 2.68. The van der Waals surface area contributed by atoms with Crippen LogP contribution in [-0.4, -0.2) is 28.1 Å². The number of nitrogens with one attached hydrogen (secondary N) is 1. The van der Waals surface area contributed by atoms with Crippen LogP contribution >= 0.6 is 0 Å². The van der Waals surface area contributed by atoms with Gasteiger partial charge in [-0.3, -0.25) is 14.9 Å². The molecule has 1 aromatic heterocycles. The highest BCUT2D eigenvalue weighted by molar-refractivity contribution is 6.04. The Kier molecular flexibility index (Phi) is 4.84. The van der Waals surface area contributed by atoms with E-state index in [-0.39, 0.29) is 11.3 Å². The second kappa shape index (κ2) is 7.39. The van der Waals surface area contributed by atoms with Crippen molar-refractivity contribution in [3.63, 3.8) is 0 Å². The van der Waals surface area contributed by atoms with E-state index >= 15 is 0 Å². The average molecular weight is 350 g/mol. The SMILES string of the molecule is COc1ccc(-c2ccc(NC(=O)c3cccc([N+](=O)[O-])c3)cc2)nn1. The number of carbonyl (C=O) groups excluding carboxylic acids is 1. The summed E-state index contributed by atoms with van der Waals surface area (Å²) in [6.07, 6.45) is 0. The zero-order valence-electron chi connectivity index (χ0n) is 13.7. The van der Waals surface area contributed by atoms with Gasteiger partial charge in [0.25, 0.3) is 11.6 Å². The lowest BCUT2D eigenvalue weighted by Gasteiger charge is -2.07. The van der Waals surface area contributed by atoms with Crippen LogP contribution in [0.25, 0.3) is 11.3 Å². The first-order valence-electron chi connectivity index (χ1n) is 7.61. The van der Waals surface area contributed by atoms with Crippen LogP contribution in [0.4, 0.5) is 11.4 Å². The molecule has 8 heteroatoms. The molecule has 0 aliphatic heterocycles. The topological polar surface area (TPSA) is 107 Å².